The number of hydrogen-bond acceptors (Lipinski definition) is 4. The van der Waals surface area contributed by atoms with Gasteiger partial charge in [-0.25, -0.2) is 4.39 Å². The molecule has 2 aliphatic rings. The third-order valence-corrected chi connectivity index (χ3v) is 7.00. The van der Waals surface area contributed by atoms with E-state index in [2.05, 4.69) is 16.3 Å². The molecule has 5 nitrogen and oxygen atoms in total. The first-order valence-corrected chi connectivity index (χ1v) is 11.4. The minimum absolute atomic E-state index is 0.0209. The predicted octanol–water partition coefficient (Wildman–Crippen LogP) is 3.16. The van der Waals surface area contributed by atoms with Gasteiger partial charge in [0.25, 0.3) is 0 Å². The van der Waals surface area contributed by atoms with Gasteiger partial charge in [0, 0.05) is 43.5 Å². The maximum atomic E-state index is 13.9. The maximum Gasteiger partial charge on any atom is 0.236 e. The summed E-state index contributed by atoms with van der Waals surface area (Å²) < 4.78 is 13.9. The molecule has 2 aromatic rings. The van der Waals surface area contributed by atoms with Gasteiger partial charge in [-0.15, -0.1) is 11.3 Å². The van der Waals surface area contributed by atoms with Crippen molar-refractivity contribution in [3.63, 3.8) is 0 Å². The molecule has 0 aliphatic carbocycles. The van der Waals surface area contributed by atoms with Crippen molar-refractivity contribution in [2.45, 2.75) is 26.3 Å². The molecule has 1 saturated heterocycles. The van der Waals surface area contributed by atoms with Crippen LogP contribution in [0.5, 0.6) is 0 Å². The van der Waals surface area contributed by atoms with Gasteiger partial charge in [-0.2, -0.15) is 0 Å². The van der Waals surface area contributed by atoms with E-state index in [1.54, 1.807) is 23.5 Å². The van der Waals surface area contributed by atoms with E-state index in [1.807, 2.05) is 29.7 Å². The summed E-state index contributed by atoms with van der Waals surface area (Å²) in [5.41, 5.74) is 2.06. The fourth-order valence-electron chi connectivity index (χ4n) is 4.42. The summed E-state index contributed by atoms with van der Waals surface area (Å²) >= 11 is 1.73. The van der Waals surface area contributed by atoms with Gasteiger partial charge < -0.3 is 9.80 Å². The van der Waals surface area contributed by atoms with Crippen LogP contribution >= 0.6 is 11.3 Å². The van der Waals surface area contributed by atoms with Crippen molar-refractivity contribution in [2.24, 2.45) is 5.92 Å². The second kappa shape index (κ2) is 8.86. The highest BCUT2D eigenvalue weighted by Crippen LogP contribution is 2.37. The molecular formula is C23H28FN3O2S. The molecule has 1 atom stereocenters. The van der Waals surface area contributed by atoms with Crippen molar-refractivity contribution in [3.8, 4) is 0 Å². The molecule has 2 amide bonds. The Kier molecular flexibility index (Phi) is 6.20. The van der Waals surface area contributed by atoms with Crippen LogP contribution in [0.3, 0.4) is 0 Å². The molecule has 2 aliphatic heterocycles. The van der Waals surface area contributed by atoms with Crippen molar-refractivity contribution < 1.29 is 14.0 Å². The van der Waals surface area contributed by atoms with Gasteiger partial charge in [-0.05, 0) is 41.1 Å². The van der Waals surface area contributed by atoms with Gasteiger partial charge in [-0.3, -0.25) is 14.5 Å². The molecule has 0 spiro atoms. The van der Waals surface area contributed by atoms with Crippen LogP contribution in [0.25, 0.3) is 0 Å². The number of benzene rings is 1. The van der Waals surface area contributed by atoms with Crippen LogP contribution in [0.15, 0.2) is 35.7 Å². The average molecular weight is 430 g/mol. The molecular weight excluding hydrogens is 401 g/mol. The summed E-state index contributed by atoms with van der Waals surface area (Å²) in [7, 11) is 0. The van der Waals surface area contributed by atoms with Crippen molar-refractivity contribution in [1.82, 2.24) is 14.7 Å². The zero-order valence-corrected chi connectivity index (χ0v) is 18.3. The highest BCUT2D eigenvalue weighted by molar-refractivity contribution is 7.10. The van der Waals surface area contributed by atoms with Crippen LogP contribution < -0.4 is 0 Å². The first kappa shape index (κ1) is 21.0. The van der Waals surface area contributed by atoms with Crippen LogP contribution in [0.4, 0.5) is 4.39 Å². The van der Waals surface area contributed by atoms with E-state index in [-0.39, 0.29) is 29.6 Å². The lowest BCUT2D eigenvalue weighted by Gasteiger charge is -2.39. The van der Waals surface area contributed by atoms with Crippen LogP contribution in [-0.4, -0.2) is 65.8 Å². The highest BCUT2D eigenvalue weighted by atomic mass is 32.1. The van der Waals surface area contributed by atoms with E-state index in [0.29, 0.717) is 32.7 Å². The molecule has 160 valence electrons. The van der Waals surface area contributed by atoms with Crippen LogP contribution in [0.2, 0.25) is 0 Å². The molecule has 30 heavy (non-hydrogen) atoms. The number of hydrogen-bond donors (Lipinski definition) is 0. The monoisotopic (exact) mass is 429 g/mol. The predicted molar refractivity (Wildman–Crippen MR) is 116 cm³/mol. The Balaban J connectivity index is 1.47. The fourth-order valence-corrected chi connectivity index (χ4v) is 5.32. The summed E-state index contributed by atoms with van der Waals surface area (Å²) in [5, 5.41) is 2.08. The molecule has 0 unspecified atom stereocenters. The standard InChI is InChI=1S/C23H28FN3O2S/c1-16(2)23(29)26-11-9-25(10-12-26)21(28)15-27-8-6-20-19(7-13-30-20)22(27)17-4-3-5-18(24)14-17/h3-5,7,13-14,16,22H,6,8-12,15H2,1-2H3/t22-/m0/s1. The van der Waals surface area contributed by atoms with Crippen molar-refractivity contribution in [2.75, 3.05) is 39.3 Å². The van der Waals surface area contributed by atoms with Gasteiger partial charge in [0.1, 0.15) is 5.82 Å². The minimum Gasteiger partial charge on any atom is -0.339 e. The maximum absolute atomic E-state index is 13.9. The summed E-state index contributed by atoms with van der Waals surface area (Å²) in [6.07, 6.45) is 0.906. The SMILES string of the molecule is CC(C)C(=O)N1CCN(C(=O)CN2CCc3sccc3[C@@H]2c2cccc(F)c2)CC1. The highest BCUT2D eigenvalue weighted by Gasteiger charge is 2.33. The van der Waals surface area contributed by atoms with Crippen molar-refractivity contribution in [1.29, 1.82) is 0 Å². The number of halogens is 1. The van der Waals surface area contributed by atoms with E-state index in [4.69, 9.17) is 0 Å². The van der Waals surface area contributed by atoms with E-state index >= 15 is 0 Å². The molecule has 0 bridgehead atoms. The Morgan fingerprint density at radius 1 is 1.10 bits per heavy atom. The smallest absolute Gasteiger partial charge is 0.236 e. The summed E-state index contributed by atoms with van der Waals surface area (Å²) in [4.78, 5) is 32.5. The zero-order chi connectivity index (χ0) is 21.3. The number of fused-ring (bicyclic) bond motifs is 1. The molecule has 1 aromatic carbocycles. The van der Waals surface area contributed by atoms with Crippen LogP contribution in [-0.2, 0) is 16.0 Å². The number of carbonyl (C=O) groups is 2. The summed E-state index contributed by atoms with van der Waals surface area (Å²) in [6, 6.07) is 8.69. The van der Waals surface area contributed by atoms with E-state index in [0.717, 1.165) is 18.5 Å². The number of carbonyl (C=O) groups excluding carboxylic acids is 2. The van der Waals surface area contributed by atoms with Gasteiger partial charge >= 0.3 is 0 Å². The lowest BCUT2D eigenvalue weighted by Crippen LogP contribution is -2.54. The van der Waals surface area contributed by atoms with Crippen LogP contribution in [0.1, 0.15) is 35.9 Å². The van der Waals surface area contributed by atoms with Gasteiger partial charge in [0.05, 0.1) is 12.6 Å². The molecule has 0 radical (unpaired) electrons. The lowest BCUT2D eigenvalue weighted by molar-refractivity contribution is -0.142. The van der Waals surface area contributed by atoms with Gasteiger partial charge in [0.15, 0.2) is 0 Å². The Morgan fingerprint density at radius 2 is 1.83 bits per heavy atom. The van der Waals surface area contributed by atoms with E-state index in [9.17, 15) is 14.0 Å². The number of piperazine rings is 1. The van der Waals surface area contributed by atoms with Crippen molar-refractivity contribution >= 4 is 23.2 Å². The summed E-state index contributed by atoms with van der Waals surface area (Å²) in [5.74, 6) is -0.0551. The first-order valence-electron chi connectivity index (χ1n) is 10.6. The van der Waals surface area contributed by atoms with Gasteiger partial charge in [0.2, 0.25) is 11.8 Å². The third-order valence-electron chi connectivity index (χ3n) is 6.01. The first-order chi connectivity index (χ1) is 14.4. The Labute approximate surface area is 181 Å². The molecule has 0 saturated carbocycles. The Morgan fingerprint density at radius 3 is 2.53 bits per heavy atom. The molecule has 3 heterocycles. The largest absolute Gasteiger partial charge is 0.339 e. The summed E-state index contributed by atoms with van der Waals surface area (Å²) in [6.45, 7) is 7.19. The minimum atomic E-state index is -0.257. The van der Waals surface area contributed by atoms with Gasteiger partial charge in [-0.1, -0.05) is 26.0 Å². The second-order valence-corrected chi connectivity index (χ2v) is 9.34. The molecule has 7 heteroatoms. The Bertz CT molecular complexity index is 921. The quantitative estimate of drug-likeness (QED) is 0.750. The topological polar surface area (TPSA) is 43.9 Å². The second-order valence-electron chi connectivity index (χ2n) is 8.34. The number of rotatable bonds is 4. The third kappa shape index (κ3) is 4.27. The average Bonchev–Trinajstić information content (AvgIpc) is 3.21. The zero-order valence-electron chi connectivity index (χ0n) is 17.5. The van der Waals surface area contributed by atoms with Crippen molar-refractivity contribution in [3.05, 3.63) is 57.5 Å². The molecule has 1 fully saturated rings. The Hall–Kier alpha value is -2.25. The normalized spacial score (nSPS) is 19.8. The molecule has 4 rings (SSSR count). The number of amides is 2. The lowest BCUT2D eigenvalue weighted by atomic mass is 9.93. The fraction of sp³-hybridized carbons (Fsp3) is 0.478. The molecule has 1 aromatic heterocycles. The molecule has 0 N–H and O–H groups in total. The number of nitrogens with zero attached hydrogens (tertiary/aromatic N) is 3. The van der Waals surface area contributed by atoms with E-state index < -0.39 is 0 Å². The number of thiophene rings is 1. The van der Waals surface area contributed by atoms with Crippen LogP contribution in [0, 0.1) is 11.7 Å². The van der Waals surface area contributed by atoms with E-state index in [1.165, 1.54) is 16.5 Å².